The smallest absolute Gasteiger partial charge is 0.506 e. The van der Waals surface area contributed by atoms with Crippen LogP contribution in [0.2, 0.25) is 6.04 Å². The van der Waals surface area contributed by atoms with Crippen molar-refractivity contribution < 1.29 is 24.2 Å². The first kappa shape index (κ1) is 20.7. The monoisotopic (exact) mass is 418 g/mol. The Kier molecular flexibility index (Phi) is 6.21. The van der Waals surface area contributed by atoms with Crippen molar-refractivity contribution in [3.8, 4) is 5.75 Å². The minimum absolute atomic E-state index is 0.00597. The molecule has 2 N–H and O–H groups in total. The number of carbonyl (C=O) groups is 1. The van der Waals surface area contributed by atoms with Crippen molar-refractivity contribution in [3.63, 3.8) is 0 Å². The number of fused-ring (bicyclic) bond motifs is 5. The summed E-state index contributed by atoms with van der Waals surface area (Å²) in [5.41, 5.74) is 2.70. The Balaban J connectivity index is 0.000000294. The standard InChI is InChI=1S/C19H24O4.C4H10OSi/c1-19-9-8-14-13-5-3-12(20)10-11(13)2-4-15(14)16(19)6-7-17(19)23-18(21)22;1-2-4-6-5-3-1/h3,5,10,14-17,20H,2,4,6-9H2,1H3,(H,21,22);1-4,6H2/t14-,15-,16+,17+,19+;/m1./s1. The summed E-state index contributed by atoms with van der Waals surface area (Å²) in [6.45, 7) is 3.30. The summed E-state index contributed by atoms with van der Waals surface area (Å²) in [7, 11) is 0.00849. The second kappa shape index (κ2) is 8.68. The molecule has 1 aromatic carbocycles. The minimum Gasteiger partial charge on any atom is -0.508 e. The highest BCUT2D eigenvalue weighted by atomic mass is 28.2. The fourth-order valence-electron chi connectivity index (χ4n) is 6.52. The largest absolute Gasteiger partial charge is 0.508 e. The van der Waals surface area contributed by atoms with E-state index in [1.807, 2.05) is 6.07 Å². The Morgan fingerprint density at radius 1 is 1.24 bits per heavy atom. The van der Waals surface area contributed by atoms with Crippen LogP contribution in [0.15, 0.2) is 18.2 Å². The molecular weight excluding hydrogens is 384 g/mol. The van der Waals surface area contributed by atoms with Crippen LogP contribution in [0.5, 0.6) is 5.75 Å². The number of phenolic OH excluding ortho intramolecular Hbond substituents is 1. The maximum absolute atomic E-state index is 11.0. The van der Waals surface area contributed by atoms with Crippen LogP contribution in [0.1, 0.15) is 68.9 Å². The van der Waals surface area contributed by atoms with Crippen LogP contribution in [0.4, 0.5) is 4.79 Å². The van der Waals surface area contributed by atoms with Crippen LogP contribution < -0.4 is 0 Å². The Bertz CT molecular complexity index is 722. The summed E-state index contributed by atoms with van der Waals surface area (Å²) in [6, 6.07) is 7.24. The van der Waals surface area contributed by atoms with Gasteiger partial charge in [0, 0.05) is 12.0 Å². The molecule has 3 aliphatic carbocycles. The number of ether oxygens (including phenoxy) is 1. The van der Waals surface area contributed by atoms with Crippen molar-refractivity contribution in [3.05, 3.63) is 29.3 Å². The zero-order valence-corrected chi connectivity index (χ0v) is 18.9. The van der Waals surface area contributed by atoms with Crippen LogP contribution in [0.25, 0.3) is 0 Å². The fourth-order valence-corrected chi connectivity index (χ4v) is 7.69. The molecule has 1 saturated heterocycles. The van der Waals surface area contributed by atoms with E-state index in [0.717, 1.165) is 45.1 Å². The lowest BCUT2D eigenvalue weighted by atomic mass is 9.55. The third-order valence-electron chi connectivity index (χ3n) is 7.94. The highest BCUT2D eigenvalue weighted by Gasteiger charge is 2.56. The summed E-state index contributed by atoms with van der Waals surface area (Å²) in [5, 5.41) is 18.7. The van der Waals surface area contributed by atoms with E-state index in [1.54, 1.807) is 6.07 Å². The lowest BCUT2D eigenvalue weighted by Crippen LogP contribution is -2.45. The van der Waals surface area contributed by atoms with Crippen LogP contribution >= 0.6 is 0 Å². The molecule has 0 spiro atoms. The quantitative estimate of drug-likeness (QED) is 0.514. The zero-order chi connectivity index (χ0) is 20.4. The van der Waals surface area contributed by atoms with E-state index in [4.69, 9.17) is 14.3 Å². The molecule has 0 bridgehead atoms. The van der Waals surface area contributed by atoms with E-state index < -0.39 is 6.16 Å². The maximum Gasteiger partial charge on any atom is 0.506 e. The van der Waals surface area contributed by atoms with Gasteiger partial charge < -0.3 is 19.4 Å². The second-order valence-electron chi connectivity index (χ2n) is 9.47. The van der Waals surface area contributed by atoms with Crippen molar-refractivity contribution in [2.24, 2.45) is 17.3 Å². The summed E-state index contributed by atoms with van der Waals surface area (Å²) in [4.78, 5) is 11.0. The molecular formula is C23H34O5Si. The van der Waals surface area contributed by atoms with Gasteiger partial charge in [0.2, 0.25) is 0 Å². The van der Waals surface area contributed by atoms with E-state index in [-0.39, 0.29) is 21.3 Å². The molecule has 5 atom stereocenters. The first-order valence-electron chi connectivity index (χ1n) is 11.3. The molecule has 0 aromatic heterocycles. The molecule has 5 nitrogen and oxygen atoms in total. The van der Waals surface area contributed by atoms with E-state index >= 15 is 0 Å². The molecule has 160 valence electrons. The number of rotatable bonds is 1. The maximum atomic E-state index is 11.0. The van der Waals surface area contributed by atoms with Gasteiger partial charge in [0.25, 0.3) is 0 Å². The first-order valence-corrected chi connectivity index (χ1v) is 12.9. The average Bonchev–Trinajstić information content (AvgIpc) is 3.05. The number of hydrogen-bond donors (Lipinski definition) is 2. The van der Waals surface area contributed by atoms with Crippen LogP contribution in [-0.4, -0.2) is 38.8 Å². The van der Waals surface area contributed by atoms with Gasteiger partial charge in [-0.2, -0.15) is 0 Å². The molecule has 1 heterocycles. The summed E-state index contributed by atoms with van der Waals surface area (Å²) < 4.78 is 10.4. The molecule has 0 unspecified atom stereocenters. The molecule has 29 heavy (non-hydrogen) atoms. The van der Waals surface area contributed by atoms with Crippen molar-refractivity contribution >= 4 is 15.9 Å². The highest BCUT2D eigenvalue weighted by Crippen LogP contribution is 2.61. The Morgan fingerprint density at radius 2 is 2.10 bits per heavy atom. The molecule has 4 aliphatic rings. The minimum atomic E-state index is -1.14. The topological polar surface area (TPSA) is 76.0 Å². The molecule has 6 heteroatoms. The van der Waals surface area contributed by atoms with Gasteiger partial charge in [0.1, 0.15) is 11.9 Å². The van der Waals surface area contributed by atoms with E-state index in [2.05, 4.69) is 13.0 Å². The summed E-state index contributed by atoms with van der Waals surface area (Å²) in [5.74, 6) is 2.08. The van der Waals surface area contributed by atoms with Gasteiger partial charge in [-0.15, -0.1) is 0 Å². The summed E-state index contributed by atoms with van der Waals surface area (Å²) >= 11 is 0. The Morgan fingerprint density at radius 3 is 2.76 bits per heavy atom. The van der Waals surface area contributed by atoms with Crippen molar-refractivity contribution in [2.45, 2.75) is 76.4 Å². The van der Waals surface area contributed by atoms with Gasteiger partial charge in [-0.05, 0) is 92.0 Å². The van der Waals surface area contributed by atoms with Gasteiger partial charge in [-0.1, -0.05) is 19.4 Å². The molecule has 0 radical (unpaired) electrons. The van der Waals surface area contributed by atoms with Crippen LogP contribution in [0.3, 0.4) is 0 Å². The molecule has 5 rings (SSSR count). The predicted octanol–water partition coefficient (Wildman–Crippen LogP) is 4.61. The van der Waals surface area contributed by atoms with E-state index in [9.17, 15) is 9.90 Å². The van der Waals surface area contributed by atoms with Gasteiger partial charge in [-0.3, -0.25) is 0 Å². The van der Waals surface area contributed by atoms with Crippen LogP contribution in [0, 0.1) is 17.3 Å². The third kappa shape index (κ3) is 4.19. The van der Waals surface area contributed by atoms with E-state index in [1.165, 1.54) is 30.0 Å². The number of carboxylic acid groups (broad SMARTS) is 1. The number of benzene rings is 1. The number of phenols is 1. The molecule has 1 aromatic rings. The number of aromatic hydroxyl groups is 1. The van der Waals surface area contributed by atoms with Gasteiger partial charge in [0.05, 0.1) is 0 Å². The van der Waals surface area contributed by atoms with Crippen molar-refractivity contribution in [1.82, 2.24) is 0 Å². The SMILES string of the molecule is C1CC[SiH2]OC1.C[C@]12CC[C@@H]3c4ccc(O)cc4CC[C@H]3[C@@H]1CC[C@@H]2OC(=O)O. The van der Waals surface area contributed by atoms with Gasteiger partial charge in [0.15, 0.2) is 9.76 Å². The molecule has 0 amide bonds. The van der Waals surface area contributed by atoms with Gasteiger partial charge in [-0.25, -0.2) is 4.79 Å². The Labute approximate surface area is 175 Å². The average molecular weight is 419 g/mol. The number of hydrogen-bond acceptors (Lipinski definition) is 4. The number of aryl methyl sites for hydroxylation is 1. The molecule has 2 saturated carbocycles. The van der Waals surface area contributed by atoms with Crippen molar-refractivity contribution in [1.29, 1.82) is 0 Å². The van der Waals surface area contributed by atoms with Crippen molar-refractivity contribution in [2.75, 3.05) is 6.61 Å². The third-order valence-corrected chi connectivity index (χ3v) is 9.31. The zero-order valence-electron chi connectivity index (χ0n) is 17.4. The second-order valence-corrected chi connectivity index (χ2v) is 11.0. The predicted molar refractivity (Wildman–Crippen MR) is 114 cm³/mol. The van der Waals surface area contributed by atoms with Crippen LogP contribution in [-0.2, 0) is 15.6 Å². The lowest BCUT2D eigenvalue weighted by Gasteiger charge is -2.50. The first-order chi connectivity index (χ1) is 14.0. The summed E-state index contributed by atoms with van der Waals surface area (Å²) in [6.07, 6.45) is 7.67. The van der Waals surface area contributed by atoms with Gasteiger partial charge >= 0.3 is 6.16 Å². The Hall–Kier alpha value is -1.53. The molecule has 1 aliphatic heterocycles. The molecule has 3 fully saturated rings. The normalized spacial score (nSPS) is 36.2. The van der Waals surface area contributed by atoms with E-state index in [0.29, 0.717) is 23.5 Å². The fraction of sp³-hybridized carbons (Fsp3) is 0.696. The highest BCUT2D eigenvalue weighted by molar-refractivity contribution is 6.27. The lowest BCUT2D eigenvalue weighted by molar-refractivity contribution is -0.0456.